The van der Waals surface area contributed by atoms with E-state index < -0.39 is 0 Å². The van der Waals surface area contributed by atoms with Crippen LogP contribution in [0.2, 0.25) is 5.02 Å². The number of rotatable bonds is 5. The summed E-state index contributed by atoms with van der Waals surface area (Å²) in [5, 5.41) is 4.19. The summed E-state index contributed by atoms with van der Waals surface area (Å²) in [6.45, 7) is 2.76. The van der Waals surface area contributed by atoms with Gasteiger partial charge >= 0.3 is 0 Å². The van der Waals surface area contributed by atoms with Crippen LogP contribution in [0.25, 0.3) is 0 Å². The van der Waals surface area contributed by atoms with Crippen LogP contribution in [0.1, 0.15) is 24.1 Å². The molecule has 0 radical (unpaired) electrons. The Balaban J connectivity index is 1.78. The summed E-state index contributed by atoms with van der Waals surface area (Å²) in [5.74, 6) is 1.64. The second-order valence-corrected chi connectivity index (χ2v) is 5.58. The zero-order valence-electron chi connectivity index (χ0n) is 11.4. The Morgan fingerprint density at radius 3 is 2.75 bits per heavy atom. The highest BCUT2D eigenvalue weighted by atomic mass is 35.5. The summed E-state index contributed by atoms with van der Waals surface area (Å²) in [6.07, 6.45) is 4.43. The predicted octanol–water partition coefficient (Wildman–Crippen LogP) is 4.09. The Kier molecular flexibility index (Phi) is 3.90. The van der Waals surface area contributed by atoms with Gasteiger partial charge in [-0.1, -0.05) is 11.6 Å². The average molecular weight is 289 g/mol. The van der Waals surface area contributed by atoms with Crippen LogP contribution >= 0.6 is 11.6 Å². The van der Waals surface area contributed by atoms with E-state index in [9.17, 15) is 0 Å². The molecule has 0 spiro atoms. The fourth-order valence-corrected chi connectivity index (χ4v) is 2.09. The zero-order valence-corrected chi connectivity index (χ0v) is 12.2. The van der Waals surface area contributed by atoms with E-state index in [1.165, 1.54) is 12.8 Å². The van der Waals surface area contributed by atoms with E-state index in [4.69, 9.17) is 16.3 Å². The Bertz CT molecular complexity index is 594. The number of aromatic nitrogens is 1. The van der Waals surface area contributed by atoms with Crippen molar-refractivity contribution < 1.29 is 4.74 Å². The van der Waals surface area contributed by atoms with Crippen LogP contribution in [0.3, 0.4) is 0 Å². The van der Waals surface area contributed by atoms with Gasteiger partial charge in [-0.05, 0) is 44.0 Å². The van der Waals surface area contributed by atoms with Crippen molar-refractivity contribution in [2.75, 3.05) is 0 Å². The van der Waals surface area contributed by atoms with Gasteiger partial charge in [-0.25, -0.2) is 0 Å². The van der Waals surface area contributed by atoms with E-state index in [1.807, 2.05) is 43.5 Å². The minimum atomic E-state index is 0.666. The number of nitrogens with zero attached hydrogens (tertiary/aromatic N) is 1. The fourth-order valence-electron chi connectivity index (χ4n) is 1.96. The van der Waals surface area contributed by atoms with Crippen LogP contribution in [0.4, 0.5) is 0 Å². The molecule has 0 bridgehead atoms. The lowest BCUT2D eigenvalue weighted by atomic mass is 10.2. The topological polar surface area (TPSA) is 34.1 Å². The smallest absolute Gasteiger partial charge is 0.135 e. The lowest BCUT2D eigenvalue weighted by molar-refractivity contribution is 0.471. The summed E-state index contributed by atoms with van der Waals surface area (Å²) < 4.78 is 5.96. The first-order chi connectivity index (χ1) is 9.70. The maximum Gasteiger partial charge on any atom is 0.135 e. The SMILES string of the molecule is Cc1cc(Oc2ccc(Cl)cc2)c(CNC2CC2)cn1. The summed E-state index contributed by atoms with van der Waals surface area (Å²) >= 11 is 5.89. The van der Waals surface area contributed by atoms with E-state index in [0.717, 1.165) is 29.3 Å². The van der Waals surface area contributed by atoms with Crippen LogP contribution in [0.15, 0.2) is 36.5 Å². The second-order valence-electron chi connectivity index (χ2n) is 5.14. The van der Waals surface area contributed by atoms with Crippen LogP contribution in [-0.2, 0) is 6.54 Å². The maximum absolute atomic E-state index is 5.96. The van der Waals surface area contributed by atoms with Gasteiger partial charge in [0.05, 0.1) is 0 Å². The molecule has 104 valence electrons. The molecule has 1 aromatic heterocycles. The normalized spacial score (nSPS) is 14.3. The summed E-state index contributed by atoms with van der Waals surface area (Å²) in [5.41, 5.74) is 2.03. The second kappa shape index (κ2) is 5.81. The number of hydrogen-bond donors (Lipinski definition) is 1. The number of halogens is 1. The highest BCUT2D eigenvalue weighted by Gasteiger charge is 2.20. The van der Waals surface area contributed by atoms with Gasteiger partial charge in [-0.15, -0.1) is 0 Å². The van der Waals surface area contributed by atoms with E-state index in [1.54, 1.807) is 0 Å². The van der Waals surface area contributed by atoms with Gasteiger partial charge < -0.3 is 10.1 Å². The van der Waals surface area contributed by atoms with E-state index in [-0.39, 0.29) is 0 Å². The molecule has 4 heteroatoms. The van der Waals surface area contributed by atoms with E-state index in [0.29, 0.717) is 11.1 Å². The maximum atomic E-state index is 5.96. The molecule has 0 saturated heterocycles. The van der Waals surface area contributed by atoms with Gasteiger partial charge in [0, 0.05) is 41.1 Å². The largest absolute Gasteiger partial charge is 0.457 e. The number of pyridine rings is 1. The quantitative estimate of drug-likeness (QED) is 0.900. The first-order valence-electron chi connectivity index (χ1n) is 6.83. The number of nitrogens with one attached hydrogen (secondary N) is 1. The average Bonchev–Trinajstić information content (AvgIpc) is 3.25. The zero-order chi connectivity index (χ0) is 13.9. The molecule has 1 saturated carbocycles. The van der Waals surface area contributed by atoms with Gasteiger partial charge in [0.25, 0.3) is 0 Å². The lowest BCUT2D eigenvalue weighted by Crippen LogP contribution is -2.16. The van der Waals surface area contributed by atoms with Crippen molar-refractivity contribution in [2.24, 2.45) is 0 Å². The summed E-state index contributed by atoms with van der Waals surface area (Å²) in [6, 6.07) is 10.0. The number of hydrogen-bond acceptors (Lipinski definition) is 3. The van der Waals surface area contributed by atoms with Gasteiger partial charge in [-0.3, -0.25) is 4.98 Å². The van der Waals surface area contributed by atoms with Crippen molar-refractivity contribution in [1.82, 2.24) is 10.3 Å². The summed E-state index contributed by atoms with van der Waals surface area (Å²) in [4.78, 5) is 4.35. The molecule has 0 unspecified atom stereocenters. The first kappa shape index (κ1) is 13.4. The van der Waals surface area contributed by atoms with Crippen LogP contribution < -0.4 is 10.1 Å². The molecule has 1 aliphatic rings. The van der Waals surface area contributed by atoms with Crippen molar-refractivity contribution in [3.8, 4) is 11.5 Å². The van der Waals surface area contributed by atoms with Crippen molar-refractivity contribution in [1.29, 1.82) is 0 Å². The molecule has 1 fully saturated rings. The molecule has 0 atom stereocenters. The molecule has 1 aromatic carbocycles. The molecule has 3 rings (SSSR count). The molecule has 2 aromatic rings. The lowest BCUT2D eigenvalue weighted by Gasteiger charge is -2.12. The van der Waals surface area contributed by atoms with Gasteiger partial charge in [0.15, 0.2) is 0 Å². The van der Waals surface area contributed by atoms with E-state index in [2.05, 4.69) is 10.3 Å². The van der Waals surface area contributed by atoms with E-state index >= 15 is 0 Å². The van der Waals surface area contributed by atoms with Crippen molar-refractivity contribution in [2.45, 2.75) is 32.4 Å². The highest BCUT2D eigenvalue weighted by Crippen LogP contribution is 2.27. The van der Waals surface area contributed by atoms with Gasteiger partial charge in [0.1, 0.15) is 11.5 Å². The Morgan fingerprint density at radius 2 is 2.05 bits per heavy atom. The molecular weight excluding hydrogens is 272 g/mol. The molecule has 0 aliphatic heterocycles. The third kappa shape index (κ3) is 3.50. The monoisotopic (exact) mass is 288 g/mol. The Hall–Kier alpha value is -1.58. The number of benzene rings is 1. The third-order valence-electron chi connectivity index (χ3n) is 3.28. The Labute approximate surface area is 123 Å². The number of aryl methyl sites for hydroxylation is 1. The number of ether oxygens (including phenoxy) is 1. The fraction of sp³-hybridized carbons (Fsp3) is 0.312. The molecule has 1 heterocycles. The summed E-state index contributed by atoms with van der Waals surface area (Å²) in [7, 11) is 0. The van der Waals surface area contributed by atoms with Crippen LogP contribution in [0.5, 0.6) is 11.5 Å². The molecule has 3 nitrogen and oxygen atoms in total. The molecule has 0 amide bonds. The van der Waals surface area contributed by atoms with Crippen molar-refractivity contribution in [3.63, 3.8) is 0 Å². The third-order valence-corrected chi connectivity index (χ3v) is 3.53. The van der Waals surface area contributed by atoms with Crippen LogP contribution in [0, 0.1) is 6.92 Å². The Morgan fingerprint density at radius 1 is 1.30 bits per heavy atom. The molecule has 1 N–H and O–H groups in total. The minimum Gasteiger partial charge on any atom is -0.457 e. The van der Waals surface area contributed by atoms with Gasteiger partial charge in [0.2, 0.25) is 0 Å². The predicted molar refractivity (Wildman–Crippen MR) is 80.4 cm³/mol. The van der Waals surface area contributed by atoms with Crippen molar-refractivity contribution >= 4 is 11.6 Å². The molecular formula is C16H17ClN2O. The van der Waals surface area contributed by atoms with Crippen LogP contribution in [-0.4, -0.2) is 11.0 Å². The van der Waals surface area contributed by atoms with Crippen molar-refractivity contribution in [3.05, 3.63) is 52.8 Å². The molecule has 1 aliphatic carbocycles. The minimum absolute atomic E-state index is 0.666. The highest BCUT2D eigenvalue weighted by molar-refractivity contribution is 6.30. The first-order valence-corrected chi connectivity index (χ1v) is 7.21. The standard InChI is InChI=1S/C16H17ClN2O/c1-11-8-16(20-15-6-2-13(17)3-7-15)12(9-18-11)10-19-14-4-5-14/h2-3,6-9,14,19H,4-5,10H2,1H3. The van der Waals surface area contributed by atoms with Gasteiger partial charge in [-0.2, -0.15) is 0 Å². The molecule has 20 heavy (non-hydrogen) atoms.